The Morgan fingerprint density at radius 3 is 2.67 bits per heavy atom. The summed E-state index contributed by atoms with van der Waals surface area (Å²) in [7, 11) is 0. The average Bonchev–Trinajstić information content (AvgIpc) is 2.94. The average molecular weight is 534 g/mol. The van der Waals surface area contributed by atoms with E-state index in [0.29, 0.717) is 6.04 Å². The Balaban J connectivity index is 0.00000450. The Morgan fingerprint density at radius 2 is 1.93 bits per heavy atom. The van der Waals surface area contributed by atoms with Gasteiger partial charge in [0.05, 0.1) is 0 Å². The second-order valence-corrected chi connectivity index (χ2v) is 8.07. The summed E-state index contributed by atoms with van der Waals surface area (Å²) >= 11 is 0. The number of hydrogen-bond donors (Lipinski definition) is 2. The molecule has 174 valence electrons. The van der Waals surface area contributed by atoms with Crippen LogP contribution in [-0.2, 0) is 19.4 Å². The smallest absolute Gasteiger partial charge is 0.191 e. The maximum Gasteiger partial charge on any atom is 0.191 e. The molecular formula is C22H44IN7. The topological polar surface area (TPSA) is 70.4 Å². The van der Waals surface area contributed by atoms with E-state index < -0.39 is 0 Å². The molecule has 1 aliphatic rings. The van der Waals surface area contributed by atoms with E-state index in [9.17, 15) is 0 Å². The number of hydrogen-bond acceptors (Lipinski definition) is 4. The summed E-state index contributed by atoms with van der Waals surface area (Å²) in [6, 6.07) is 0.427. The first-order valence-corrected chi connectivity index (χ1v) is 11.9. The highest BCUT2D eigenvalue weighted by Crippen LogP contribution is 2.15. The van der Waals surface area contributed by atoms with Crippen molar-refractivity contribution in [2.75, 3.05) is 32.7 Å². The Hall–Kier alpha value is -0.900. The highest BCUT2D eigenvalue weighted by Gasteiger charge is 2.14. The third-order valence-electron chi connectivity index (χ3n) is 5.75. The highest BCUT2D eigenvalue weighted by molar-refractivity contribution is 14.0. The lowest BCUT2D eigenvalue weighted by Crippen LogP contribution is -2.42. The molecule has 0 aromatic carbocycles. The van der Waals surface area contributed by atoms with E-state index >= 15 is 0 Å². The van der Waals surface area contributed by atoms with E-state index in [1.807, 2.05) is 0 Å². The van der Waals surface area contributed by atoms with E-state index in [-0.39, 0.29) is 24.0 Å². The van der Waals surface area contributed by atoms with E-state index in [1.165, 1.54) is 38.1 Å². The van der Waals surface area contributed by atoms with Gasteiger partial charge in [0.1, 0.15) is 11.6 Å². The van der Waals surface area contributed by atoms with Crippen LogP contribution in [0.1, 0.15) is 77.9 Å². The lowest BCUT2D eigenvalue weighted by Gasteiger charge is -2.21. The van der Waals surface area contributed by atoms with Crippen molar-refractivity contribution in [1.29, 1.82) is 0 Å². The lowest BCUT2D eigenvalue weighted by molar-refractivity contribution is 0.292. The molecule has 30 heavy (non-hydrogen) atoms. The fourth-order valence-corrected chi connectivity index (χ4v) is 3.94. The summed E-state index contributed by atoms with van der Waals surface area (Å²) in [5.74, 6) is 3.25. The van der Waals surface area contributed by atoms with Gasteiger partial charge in [-0.3, -0.25) is 4.99 Å². The van der Waals surface area contributed by atoms with Gasteiger partial charge in [0.25, 0.3) is 0 Å². The second-order valence-electron chi connectivity index (χ2n) is 8.07. The number of aryl methyl sites for hydroxylation is 2. The van der Waals surface area contributed by atoms with Crippen molar-refractivity contribution in [3.63, 3.8) is 0 Å². The van der Waals surface area contributed by atoms with Crippen LogP contribution in [0.25, 0.3) is 0 Å². The lowest BCUT2D eigenvalue weighted by atomic mass is 10.2. The Kier molecular flexibility index (Phi) is 14.3. The van der Waals surface area contributed by atoms with Crippen LogP contribution in [0.4, 0.5) is 0 Å². The fraction of sp³-hybridized carbons (Fsp3) is 0.864. The normalized spacial score (nSPS) is 15.3. The predicted molar refractivity (Wildman–Crippen MR) is 137 cm³/mol. The molecule has 0 aliphatic carbocycles. The molecule has 8 heteroatoms. The van der Waals surface area contributed by atoms with Crippen LogP contribution in [0, 0.1) is 0 Å². The van der Waals surface area contributed by atoms with Gasteiger partial charge in [-0.05, 0) is 65.6 Å². The van der Waals surface area contributed by atoms with E-state index in [2.05, 4.69) is 58.0 Å². The number of aliphatic imine (C=N–C) groups is 1. The van der Waals surface area contributed by atoms with Crippen molar-refractivity contribution in [1.82, 2.24) is 30.3 Å². The number of rotatable bonds is 12. The number of aromatic nitrogens is 3. The van der Waals surface area contributed by atoms with E-state index in [0.717, 1.165) is 70.2 Å². The van der Waals surface area contributed by atoms with Crippen LogP contribution >= 0.6 is 24.0 Å². The van der Waals surface area contributed by atoms with Crippen molar-refractivity contribution < 1.29 is 0 Å². The van der Waals surface area contributed by atoms with Crippen molar-refractivity contribution in [2.45, 2.75) is 91.6 Å². The molecule has 1 atom stereocenters. The molecule has 1 unspecified atom stereocenters. The van der Waals surface area contributed by atoms with Gasteiger partial charge in [-0.1, -0.05) is 20.3 Å². The predicted octanol–water partition coefficient (Wildman–Crippen LogP) is 3.62. The number of nitrogens with zero attached hydrogens (tertiary/aromatic N) is 5. The molecule has 0 fully saturated rings. The summed E-state index contributed by atoms with van der Waals surface area (Å²) < 4.78 is 2.35. The molecule has 2 N–H and O–H groups in total. The minimum Gasteiger partial charge on any atom is -0.357 e. The van der Waals surface area contributed by atoms with E-state index in [4.69, 9.17) is 4.99 Å². The number of nitrogens with one attached hydrogen (secondary N) is 2. The van der Waals surface area contributed by atoms with Crippen LogP contribution in [0.15, 0.2) is 4.99 Å². The van der Waals surface area contributed by atoms with Crippen molar-refractivity contribution in [3.05, 3.63) is 11.6 Å². The third-order valence-corrected chi connectivity index (χ3v) is 5.75. The van der Waals surface area contributed by atoms with Gasteiger partial charge in [0, 0.05) is 38.5 Å². The first-order valence-electron chi connectivity index (χ1n) is 11.9. The first-order chi connectivity index (χ1) is 14.2. The number of fused-ring (bicyclic) bond motifs is 1. The summed E-state index contributed by atoms with van der Waals surface area (Å²) in [5.41, 5.74) is 0. The van der Waals surface area contributed by atoms with Crippen molar-refractivity contribution >= 4 is 29.9 Å². The van der Waals surface area contributed by atoms with Crippen molar-refractivity contribution in [2.24, 2.45) is 4.99 Å². The molecular weight excluding hydrogens is 489 g/mol. The molecule has 0 saturated carbocycles. The largest absolute Gasteiger partial charge is 0.357 e. The monoisotopic (exact) mass is 533 g/mol. The van der Waals surface area contributed by atoms with E-state index in [1.54, 1.807) is 0 Å². The molecule has 0 saturated heterocycles. The summed E-state index contributed by atoms with van der Waals surface area (Å²) in [5, 5.41) is 15.8. The van der Waals surface area contributed by atoms with Gasteiger partial charge in [-0.2, -0.15) is 0 Å². The third kappa shape index (κ3) is 9.49. The first kappa shape index (κ1) is 27.1. The van der Waals surface area contributed by atoms with Gasteiger partial charge in [0.15, 0.2) is 5.96 Å². The molecule has 0 spiro atoms. The maximum atomic E-state index is 4.79. The summed E-state index contributed by atoms with van der Waals surface area (Å²) in [6.07, 6.45) is 9.20. The van der Waals surface area contributed by atoms with Gasteiger partial charge in [-0.25, -0.2) is 0 Å². The number of halogens is 1. The molecule has 1 aliphatic heterocycles. The Bertz CT molecular complexity index is 598. The van der Waals surface area contributed by atoms with Gasteiger partial charge >= 0.3 is 0 Å². The SMILES string of the molecule is CCNC(=NCCCc1nnc2n1CCCCC2)NC(C)CCCN(CC)CC.I. The zero-order valence-corrected chi connectivity index (χ0v) is 22.0. The minimum atomic E-state index is 0. The van der Waals surface area contributed by atoms with Crippen LogP contribution in [0.3, 0.4) is 0 Å². The fourth-order valence-electron chi connectivity index (χ4n) is 3.94. The minimum absolute atomic E-state index is 0. The maximum absolute atomic E-state index is 4.79. The molecule has 0 amide bonds. The Morgan fingerprint density at radius 1 is 1.13 bits per heavy atom. The standard InChI is InChI=1S/C22H43N7.HI/c1-5-23-22(25-19(4)13-12-17-28(6-2)7-3)24-16-11-15-21-27-26-20-14-9-8-10-18-29(20)21;/h19H,5-18H2,1-4H3,(H2,23,24,25);1H. The van der Waals surface area contributed by atoms with Crippen LogP contribution in [0.2, 0.25) is 0 Å². The molecule has 2 rings (SSSR count). The Labute approximate surface area is 200 Å². The molecule has 1 aromatic heterocycles. The quantitative estimate of drug-likeness (QED) is 0.186. The molecule has 0 radical (unpaired) electrons. The van der Waals surface area contributed by atoms with Crippen LogP contribution in [-0.4, -0.2) is 64.4 Å². The van der Waals surface area contributed by atoms with Crippen LogP contribution < -0.4 is 10.6 Å². The second kappa shape index (κ2) is 15.8. The molecule has 2 heterocycles. The molecule has 1 aromatic rings. The summed E-state index contributed by atoms with van der Waals surface area (Å²) in [6.45, 7) is 15.1. The van der Waals surface area contributed by atoms with Gasteiger partial charge in [-0.15, -0.1) is 34.2 Å². The van der Waals surface area contributed by atoms with Gasteiger partial charge < -0.3 is 20.1 Å². The summed E-state index contributed by atoms with van der Waals surface area (Å²) in [4.78, 5) is 7.27. The molecule has 7 nitrogen and oxygen atoms in total. The van der Waals surface area contributed by atoms with Gasteiger partial charge in [0.2, 0.25) is 0 Å². The highest BCUT2D eigenvalue weighted by atomic mass is 127. The van der Waals surface area contributed by atoms with Crippen molar-refractivity contribution in [3.8, 4) is 0 Å². The molecule has 0 bridgehead atoms. The van der Waals surface area contributed by atoms with Crippen LogP contribution in [0.5, 0.6) is 0 Å². The zero-order chi connectivity index (χ0) is 20.9. The number of guanidine groups is 1. The zero-order valence-electron chi connectivity index (χ0n) is 19.6.